The minimum absolute atomic E-state index is 0.195. The van der Waals surface area contributed by atoms with Crippen molar-refractivity contribution < 1.29 is 23.4 Å². The lowest BCUT2D eigenvalue weighted by Gasteiger charge is -2.34. The van der Waals surface area contributed by atoms with Crippen molar-refractivity contribution in [3.63, 3.8) is 0 Å². The molecule has 1 aromatic carbocycles. The number of amides is 1. The van der Waals surface area contributed by atoms with Crippen LogP contribution in [0.3, 0.4) is 0 Å². The number of hydrogen-bond donors (Lipinski definition) is 1. The predicted molar refractivity (Wildman–Crippen MR) is 82.6 cm³/mol. The van der Waals surface area contributed by atoms with Gasteiger partial charge < -0.3 is 14.7 Å². The minimum atomic E-state index is -2.75. The van der Waals surface area contributed by atoms with E-state index in [0.717, 1.165) is 5.56 Å². The van der Waals surface area contributed by atoms with E-state index < -0.39 is 17.9 Å². The van der Waals surface area contributed by atoms with Crippen LogP contribution in [0.1, 0.15) is 31.2 Å². The van der Waals surface area contributed by atoms with Gasteiger partial charge in [0.05, 0.1) is 6.61 Å². The average molecular weight is 327 g/mol. The number of ether oxygens (including phenoxy) is 1. The zero-order valence-corrected chi connectivity index (χ0v) is 13.1. The first-order valence-corrected chi connectivity index (χ1v) is 7.96. The van der Waals surface area contributed by atoms with Gasteiger partial charge in [-0.05, 0) is 24.8 Å². The summed E-state index contributed by atoms with van der Waals surface area (Å²) in [6, 6.07) is 9.61. The molecule has 0 radical (unpaired) electrons. The molecule has 128 valence electrons. The topological polar surface area (TPSA) is 49.8 Å². The van der Waals surface area contributed by atoms with Crippen molar-refractivity contribution in [2.75, 3.05) is 19.7 Å². The predicted octanol–water partition coefficient (Wildman–Crippen LogP) is 4.01. The summed E-state index contributed by atoms with van der Waals surface area (Å²) in [5, 5.41) is 8.84. The van der Waals surface area contributed by atoms with Gasteiger partial charge in [-0.3, -0.25) is 0 Å². The molecule has 1 aliphatic rings. The fourth-order valence-corrected chi connectivity index (χ4v) is 2.87. The lowest BCUT2D eigenvalue weighted by molar-refractivity contribution is -0.0876. The summed E-state index contributed by atoms with van der Waals surface area (Å²) in [7, 11) is 0. The average Bonchev–Trinajstić information content (AvgIpc) is 2.55. The number of halogens is 2. The number of nitrogens with zero attached hydrogens (tertiary/aromatic N) is 1. The fraction of sp³-hybridized carbons (Fsp3) is 0.588. The first-order valence-electron chi connectivity index (χ1n) is 7.96. The third kappa shape index (κ3) is 5.46. The Balaban J connectivity index is 1.65. The van der Waals surface area contributed by atoms with Gasteiger partial charge in [-0.25, -0.2) is 13.6 Å². The highest BCUT2D eigenvalue weighted by molar-refractivity contribution is 5.64. The second-order valence-corrected chi connectivity index (χ2v) is 5.95. The van der Waals surface area contributed by atoms with Crippen LogP contribution in [0, 0.1) is 5.92 Å². The van der Waals surface area contributed by atoms with E-state index in [1.807, 2.05) is 30.3 Å². The van der Waals surface area contributed by atoms with E-state index in [9.17, 15) is 13.6 Å². The van der Waals surface area contributed by atoms with Gasteiger partial charge in [0.1, 0.15) is 0 Å². The maximum Gasteiger partial charge on any atom is 0.407 e. The summed E-state index contributed by atoms with van der Waals surface area (Å²) in [4.78, 5) is 12.0. The van der Waals surface area contributed by atoms with E-state index in [1.165, 1.54) is 4.90 Å². The molecule has 1 aliphatic heterocycles. The third-order valence-corrected chi connectivity index (χ3v) is 4.27. The number of piperidine rings is 1. The smallest absolute Gasteiger partial charge is 0.407 e. The van der Waals surface area contributed by atoms with Crippen molar-refractivity contribution in [1.29, 1.82) is 0 Å². The van der Waals surface area contributed by atoms with Crippen molar-refractivity contribution in [2.24, 2.45) is 5.92 Å². The number of carboxylic acid groups (broad SMARTS) is 1. The first kappa shape index (κ1) is 17.7. The molecule has 6 heteroatoms. The number of hydrogen-bond acceptors (Lipinski definition) is 2. The number of alkyl halides is 2. The van der Waals surface area contributed by atoms with Gasteiger partial charge in [0.2, 0.25) is 0 Å². The highest BCUT2D eigenvalue weighted by Gasteiger charge is 2.40. The molecule has 1 N–H and O–H groups in total. The molecule has 0 atom stereocenters. The molecule has 0 saturated carbocycles. The molecule has 0 bridgehead atoms. The van der Waals surface area contributed by atoms with E-state index in [2.05, 4.69) is 0 Å². The Labute approximate surface area is 135 Å². The number of rotatable bonds is 7. The first-order chi connectivity index (χ1) is 11.0. The molecular formula is C17H23F2NO3. The minimum Gasteiger partial charge on any atom is -0.465 e. The molecule has 1 saturated heterocycles. The molecule has 1 heterocycles. The Morgan fingerprint density at radius 3 is 2.52 bits per heavy atom. The number of carbonyl (C=O) groups is 1. The van der Waals surface area contributed by atoms with Gasteiger partial charge in [0.25, 0.3) is 5.92 Å². The van der Waals surface area contributed by atoms with Gasteiger partial charge in [0, 0.05) is 32.0 Å². The second-order valence-electron chi connectivity index (χ2n) is 5.95. The van der Waals surface area contributed by atoms with Crippen LogP contribution in [0.2, 0.25) is 0 Å². The van der Waals surface area contributed by atoms with Crippen molar-refractivity contribution in [2.45, 2.75) is 38.2 Å². The van der Waals surface area contributed by atoms with E-state index in [-0.39, 0.29) is 32.4 Å². The van der Waals surface area contributed by atoms with Crippen molar-refractivity contribution >= 4 is 6.09 Å². The highest BCUT2D eigenvalue weighted by Crippen LogP contribution is 2.36. The van der Waals surface area contributed by atoms with Crippen LogP contribution in [-0.4, -0.2) is 41.7 Å². The van der Waals surface area contributed by atoms with Gasteiger partial charge in [-0.1, -0.05) is 30.3 Å². The lowest BCUT2D eigenvalue weighted by atomic mass is 9.88. The molecular weight excluding hydrogens is 304 g/mol. The van der Waals surface area contributed by atoms with Gasteiger partial charge in [-0.2, -0.15) is 0 Å². The monoisotopic (exact) mass is 327 g/mol. The second kappa shape index (κ2) is 8.24. The SMILES string of the molecule is O=C(O)N1CCC(C(F)(F)CCCOCc2ccccc2)CC1. The van der Waals surface area contributed by atoms with Gasteiger partial charge in [-0.15, -0.1) is 0 Å². The molecule has 0 unspecified atom stereocenters. The number of benzene rings is 1. The summed E-state index contributed by atoms with van der Waals surface area (Å²) in [6.45, 7) is 1.13. The highest BCUT2D eigenvalue weighted by atomic mass is 19.3. The summed E-state index contributed by atoms with van der Waals surface area (Å²) < 4.78 is 33.8. The zero-order valence-electron chi connectivity index (χ0n) is 13.1. The van der Waals surface area contributed by atoms with Crippen LogP contribution in [0.25, 0.3) is 0 Å². The summed E-state index contributed by atoms with van der Waals surface area (Å²) >= 11 is 0. The Morgan fingerprint density at radius 1 is 1.26 bits per heavy atom. The van der Waals surface area contributed by atoms with Crippen LogP contribution in [0.5, 0.6) is 0 Å². The van der Waals surface area contributed by atoms with E-state index in [0.29, 0.717) is 19.6 Å². The molecule has 0 aromatic heterocycles. The summed E-state index contributed by atoms with van der Waals surface area (Å²) in [6.07, 6.45) is -0.478. The third-order valence-electron chi connectivity index (χ3n) is 4.27. The Bertz CT molecular complexity index is 488. The van der Waals surface area contributed by atoms with Gasteiger partial charge in [0.15, 0.2) is 0 Å². The van der Waals surface area contributed by atoms with Crippen molar-refractivity contribution in [3.05, 3.63) is 35.9 Å². The van der Waals surface area contributed by atoms with Gasteiger partial charge >= 0.3 is 6.09 Å². The standard InChI is InChI=1S/C17H23F2NO3/c18-17(19,15-7-10-20(11-8-15)16(21)22)9-4-12-23-13-14-5-2-1-3-6-14/h1-3,5-6,15H,4,7-13H2,(H,21,22). The van der Waals surface area contributed by atoms with Crippen LogP contribution in [0.15, 0.2) is 30.3 Å². The maximum atomic E-state index is 14.2. The molecule has 1 aromatic rings. The maximum absolute atomic E-state index is 14.2. The van der Waals surface area contributed by atoms with E-state index in [1.54, 1.807) is 0 Å². The van der Waals surface area contributed by atoms with Crippen molar-refractivity contribution in [3.8, 4) is 0 Å². The summed E-state index contributed by atoms with van der Waals surface area (Å²) in [5.41, 5.74) is 1.03. The molecule has 23 heavy (non-hydrogen) atoms. The Kier molecular flexibility index (Phi) is 6.33. The largest absolute Gasteiger partial charge is 0.465 e. The van der Waals surface area contributed by atoms with Crippen molar-refractivity contribution in [1.82, 2.24) is 4.90 Å². The normalized spacial score (nSPS) is 16.5. The zero-order chi connectivity index (χ0) is 16.7. The number of likely N-dealkylation sites (tertiary alicyclic amines) is 1. The van der Waals surface area contributed by atoms with E-state index >= 15 is 0 Å². The molecule has 4 nitrogen and oxygen atoms in total. The molecule has 1 amide bonds. The van der Waals surface area contributed by atoms with Crippen LogP contribution < -0.4 is 0 Å². The van der Waals surface area contributed by atoms with E-state index in [4.69, 9.17) is 9.84 Å². The Hall–Kier alpha value is -1.69. The van der Waals surface area contributed by atoms with Crippen LogP contribution in [0.4, 0.5) is 13.6 Å². The quantitative estimate of drug-likeness (QED) is 0.770. The van der Waals surface area contributed by atoms with Crippen LogP contribution >= 0.6 is 0 Å². The molecule has 1 fully saturated rings. The Morgan fingerprint density at radius 2 is 1.91 bits per heavy atom. The molecule has 0 spiro atoms. The molecule has 2 rings (SSSR count). The molecule has 0 aliphatic carbocycles. The van der Waals surface area contributed by atoms with Crippen LogP contribution in [-0.2, 0) is 11.3 Å². The lowest BCUT2D eigenvalue weighted by Crippen LogP contribution is -2.42. The fourth-order valence-electron chi connectivity index (χ4n) is 2.87. The summed E-state index contributed by atoms with van der Waals surface area (Å²) in [5.74, 6) is -3.48.